The van der Waals surface area contributed by atoms with Crippen LogP contribution in [0.3, 0.4) is 0 Å². The minimum absolute atomic E-state index is 0.666. The van der Waals surface area contributed by atoms with Crippen LogP contribution in [-0.2, 0) is 13.6 Å². The van der Waals surface area contributed by atoms with Gasteiger partial charge in [0.2, 0.25) is 0 Å². The highest BCUT2D eigenvalue weighted by molar-refractivity contribution is 5.49. The first kappa shape index (κ1) is 12.2. The third kappa shape index (κ3) is 2.35. The smallest absolute Gasteiger partial charge is 0.0992 e. The minimum atomic E-state index is 0.666. The fourth-order valence-electron chi connectivity index (χ4n) is 1.96. The molecule has 92 valence electrons. The number of hydrogen-bond donors (Lipinski definition) is 1. The Morgan fingerprint density at radius 1 is 1.39 bits per heavy atom. The van der Waals surface area contributed by atoms with Gasteiger partial charge in [-0.2, -0.15) is 10.4 Å². The number of anilines is 1. The molecule has 1 aromatic carbocycles. The van der Waals surface area contributed by atoms with Crippen LogP contribution in [0.4, 0.5) is 5.69 Å². The Labute approximate surface area is 107 Å². The molecule has 0 saturated carbocycles. The van der Waals surface area contributed by atoms with Crippen molar-refractivity contribution < 1.29 is 0 Å². The van der Waals surface area contributed by atoms with Gasteiger partial charge in [0, 0.05) is 30.5 Å². The van der Waals surface area contributed by atoms with E-state index < -0.39 is 0 Å². The average Bonchev–Trinajstić information content (AvgIpc) is 2.61. The number of benzene rings is 1. The highest BCUT2D eigenvalue weighted by Crippen LogP contribution is 2.15. The van der Waals surface area contributed by atoms with Gasteiger partial charge in [0.05, 0.1) is 17.3 Å². The zero-order chi connectivity index (χ0) is 13.1. The standard InChI is InChI=1S/C14H16N4/c1-10-14(11(2)18(3)17-10)9-16-13-6-4-5-12(7-13)8-15/h4-7,16H,9H2,1-3H3. The van der Waals surface area contributed by atoms with Gasteiger partial charge in [0.15, 0.2) is 0 Å². The molecule has 2 rings (SSSR count). The Bertz CT molecular complexity index is 605. The normalized spacial score (nSPS) is 10.1. The fraction of sp³-hybridized carbons (Fsp3) is 0.286. The molecule has 1 N–H and O–H groups in total. The molecule has 1 heterocycles. The van der Waals surface area contributed by atoms with E-state index in [1.54, 1.807) is 6.07 Å². The second-order valence-electron chi connectivity index (χ2n) is 4.32. The largest absolute Gasteiger partial charge is 0.381 e. The van der Waals surface area contributed by atoms with Crippen molar-refractivity contribution in [3.63, 3.8) is 0 Å². The second kappa shape index (κ2) is 4.92. The molecule has 0 aliphatic heterocycles. The molecule has 0 aliphatic carbocycles. The number of aromatic nitrogens is 2. The van der Waals surface area contributed by atoms with Crippen molar-refractivity contribution >= 4 is 5.69 Å². The molecule has 0 radical (unpaired) electrons. The molecular weight excluding hydrogens is 224 g/mol. The fourth-order valence-corrected chi connectivity index (χ4v) is 1.96. The van der Waals surface area contributed by atoms with Crippen LogP contribution in [0, 0.1) is 25.2 Å². The maximum atomic E-state index is 8.85. The molecule has 0 bridgehead atoms. The zero-order valence-corrected chi connectivity index (χ0v) is 10.9. The third-order valence-electron chi connectivity index (χ3n) is 3.12. The Morgan fingerprint density at radius 2 is 2.17 bits per heavy atom. The maximum Gasteiger partial charge on any atom is 0.0992 e. The van der Waals surface area contributed by atoms with Gasteiger partial charge in [0.25, 0.3) is 0 Å². The lowest BCUT2D eigenvalue weighted by Gasteiger charge is -2.07. The van der Waals surface area contributed by atoms with E-state index in [1.807, 2.05) is 36.9 Å². The molecule has 0 amide bonds. The number of hydrogen-bond acceptors (Lipinski definition) is 3. The Morgan fingerprint density at radius 3 is 2.78 bits per heavy atom. The highest BCUT2D eigenvalue weighted by atomic mass is 15.3. The zero-order valence-electron chi connectivity index (χ0n) is 10.9. The van der Waals surface area contributed by atoms with Crippen LogP contribution in [0.2, 0.25) is 0 Å². The van der Waals surface area contributed by atoms with E-state index in [2.05, 4.69) is 23.4 Å². The van der Waals surface area contributed by atoms with Crippen molar-refractivity contribution in [3.8, 4) is 6.07 Å². The van der Waals surface area contributed by atoms with Gasteiger partial charge >= 0.3 is 0 Å². The second-order valence-corrected chi connectivity index (χ2v) is 4.32. The van der Waals surface area contributed by atoms with E-state index in [9.17, 15) is 0 Å². The van der Waals surface area contributed by atoms with Crippen LogP contribution >= 0.6 is 0 Å². The van der Waals surface area contributed by atoms with E-state index in [0.717, 1.165) is 23.6 Å². The molecule has 4 nitrogen and oxygen atoms in total. The SMILES string of the molecule is Cc1nn(C)c(C)c1CNc1cccc(C#N)c1. The van der Waals surface area contributed by atoms with Gasteiger partial charge in [-0.15, -0.1) is 0 Å². The van der Waals surface area contributed by atoms with Gasteiger partial charge in [-0.05, 0) is 32.0 Å². The summed E-state index contributed by atoms with van der Waals surface area (Å²) in [5.41, 5.74) is 5.03. The molecule has 0 spiro atoms. The topological polar surface area (TPSA) is 53.6 Å². The average molecular weight is 240 g/mol. The van der Waals surface area contributed by atoms with Gasteiger partial charge in [0.1, 0.15) is 0 Å². The first-order valence-corrected chi connectivity index (χ1v) is 5.85. The first-order chi connectivity index (χ1) is 8.61. The summed E-state index contributed by atoms with van der Waals surface area (Å²) in [6, 6.07) is 9.62. The lowest BCUT2D eigenvalue weighted by Crippen LogP contribution is -2.02. The Hall–Kier alpha value is -2.28. The van der Waals surface area contributed by atoms with Crippen LogP contribution in [-0.4, -0.2) is 9.78 Å². The lowest BCUT2D eigenvalue weighted by atomic mass is 10.2. The summed E-state index contributed by atoms with van der Waals surface area (Å²) in [6.45, 7) is 4.79. The molecule has 2 aromatic rings. The molecule has 0 atom stereocenters. The molecule has 1 aromatic heterocycles. The van der Waals surface area contributed by atoms with E-state index >= 15 is 0 Å². The number of nitrogens with one attached hydrogen (secondary N) is 1. The monoisotopic (exact) mass is 240 g/mol. The van der Waals surface area contributed by atoms with Crippen LogP contribution < -0.4 is 5.32 Å². The van der Waals surface area contributed by atoms with Crippen molar-refractivity contribution in [2.75, 3.05) is 5.32 Å². The van der Waals surface area contributed by atoms with Crippen LogP contribution in [0.5, 0.6) is 0 Å². The predicted octanol–water partition coefficient (Wildman–Crippen LogP) is 2.52. The molecule has 0 fully saturated rings. The van der Waals surface area contributed by atoms with Crippen LogP contribution in [0.25, 0.3) is 0 Å². The summed E-state index contributed by atoms with van der Waals surface area (Å²) in [5, 5.41) is 16.6. The van der Waals surface area contributed by atoms with E-state index in [0.29, 0.717) is 5.56 Å². The summed E-state index contributed by atoms with van der Waals surface area (Å²) < 4.78 is 1.89. The molecule has 0 unspecified atom stereocenters. The Kier molecular flexibility index (Phi) is 3.33. The highest BCUT2D eigenvalue weighted by Gasteiger charge is 2.08. The number of rotatable bonds is 3. The molecule has 0 saturated heterocycles. The van der Waals surface area contributed by atoms with Crippen molar-refractivity contribution in [2.45, 2.75) is 20.4 Å². The molecular formula is C14H16N4. The first-order valence-electron chi connectivity index (χ1n) is 5.85. The van der Waals surface area contributed by atoms with Crippen molar-refractivity contribution in [2.24, 2.45) is 7.05 Å². The minimum Gasteiger partial charge on any atom is -0.381 e. The van der Waals surface area contributed by atoms with Crippen molar-refractivity contribution in [1.29, 1.82) is 5.26 Å². The summed E-state index contributed by atoms with van der Waals surface area (Å²) >= 11 is 0. The van der Waals surface area contributed by atoms with Crippen LogP contribution in [0.15, 0.2) is 24.3 Å². The number of nitriles is 1. The van der Waals surface area contributed by atoms with Crippen molar-refractivity contribution in [3.05, 3.63) is 46.8 Å². The summed E-state index contributed by atoms with van der Waals surface area (Å²) in [5.74, 6) is 0. The molecule has 0 aliphatic rings. The van der Waals surface area contributed by atoms with E-state index in [-0.39, 0.29) is 0 Å². The summed E-state index contributed by atoms with van der Waals surface area (Å²) in [7, 11) is 1.95. The molecule has 4 heteroatoms. The quantitative estimate of drug-likeness (QED) is 0.896. The van der Waals surface area contributed by atoms with E-state index in [4.69, 9.17) is 5.26 Å². The van der Waals surface area contributed by atoms with Gasteiger partial charge in [-0.3, -0.25) is 4.68 Å². The van der Waals surface area contributed by atoms with Crippen LogP contribution in [0.1, 0.15) is 22.5 Å². The van der Waals surface area contributed by atoms with Gasteiger partial charge in [-0.1, -0.05) is 6.07 Å². The molecule has 18 heavy (non-hydrogen) atoms. The summed E-state index contributed by atoms with van der Waals surface area (Å²) in [6.07, 6.45) is 0. The van der Waals surface area contributed by atoms with Gasteiger partial charge < -0.3 is 5.32 Å². The Balaban J connectivity index is 2.14. The third-order valence-corrected chi connectivity index (χ3v) is 3.12. The van der Waals surface area contributed by atoms with Gasteiger partial charge in [-0.25, -0.2) is 0 Å². The lowest BCUT2D eigenvalue weighted by molar-refractivity contribution is 0.730. The number of aryl methyl sites for hydroxylation is 2. The van der Waals surface area contributed by atoms with Crippen molar-refractivity contribution in [1.82, 2.24) is 9.78 Å². The van der Waals surface area contributed by atoms with E-state index in [1.165, 1.54) is 5.56 Å². The summed E-state index contributed by atoms with van der Waals surface area (Å²) in [4.78, 5) is 0. The number of nitrogens with zero attached hydrogens (tertiary/aromatic N) is 3. The maximum absolute atomic E-state index is 8.85. The predicted molar refractivity (Wildman–Crippen MR) is 71.2 cm³/mol.